The van der Waals surface area contributed by atoms with Crippen molar-refractivity contribution in [3.63, 3.8) is 0 Å². The Bertz CT molecular complexity index is 249. The monoisotopic (exact) mass is 192 g/mol. The summed E-state index contributed by atoms with van der Waals surface area (Å²) in [6, 6.07) is 0.0440. The third-order valence-corrected chi connectivity index (χ3v) is 2.61. The molecule has 1 atom stereocenters. The summed E-state index contributed by atoms with van der Waals surface area (Å²) in [7, 11) is 1.77. The normalized spacial score (nSPS) is 13.8. The van der Waals surface area contributed by atoms with Crippen LogP contribution < -0.4 is 5.32 Å². The first-order chi connectivity index (χ1) is 5.65. The standard InChI is InChI=1S/C7H10F2N2S/c1-4(10-2)7-11-5(3-12-7)6(8)9/h3-4,6,10H,1-2H3. The van der Waals surface area contributed by atoms with Crippen LogP contribution in [0.3, 0.4) is 0 Å². The van der Waals surface area contributed by atoms with Gasteiger partial charge in [0.05, 0.1) is 6.04 Å². The topological polar surface area (TPSA) is 24.9 Å². The van der Waals surface area contributed by atoms with E-state index in [9.17, 15) is 8.78 Å². The van der Waals surface area contributed by atoms with E-state index in [-0.39, 0.29) is 11.7 Å². The van der Waals surface area contributed by atoms with Gasteiger partial charge in [0.2, 0.25) is 0 Å². The number of aromatic nitrogens is 1. The van der Waals surface area contributed by atoms with Crippen molar-refractivity contribution < 1.29 is 8.78 Å². The van der Waals surface area contributed by atoms with Crippen LogP contribution in [0.1, 0.15) is 30.1 Å². The highest BCUT2D eigenvalue weighted by Gasteiger charge is 2.14. The van der Waals surface area contributed by atoms with E-state index in [1.807, 2.05) is 6.92 Å². The number of alkyl halides is 2. The van der Waals surface area contributed by atoms with Crippen LogP contribution in [0.2, 0.25) is 0 Å². The highest BCUT2D eigenvalue weighted by molar-refractivity contribution is 7.09. The van der Waals surface area contributed by atoms with Crippen molar-refractivity contribution in [1.29, 1.82) is 0 Å². The molecular formula is C7H10F2N2S. The molecule has 5 heteroatoms. The summed E-state index contributed by atoms with van der Waals surface area (Å²) in [4.78, 5) is 3.79. The molecule has 68 valence electrons. The van der Waals surface area contributed by atoms with Crippen LogP contribution in [0.25, 0.3) is 0 Å². The number of thiazole rings is 1. The number of hydrogen-bond donors (Lipinski definition) is 1. The first-order valence-electron chi connectivity index (χ1n) is 3.56. The molecule has 2 nitrogen and oxygen atoms in total. The van der Waals surface area contributed by atoms with Gasteiger partial charge in [-0.3, -0.25) is 0 Å². The number of nitrogens with one attached hydrogen (secondary N) is 1. The molecule has 1 heterocycles. The van der Waals surface area contributed by atoms with Gasteiger partial charge in [-0.1, -0.05) is 0 Å². The molecule has 1 aromatic rings. The Morgan fingerprint density at radius 1 is 1.58 bits per heavy atom. The first kappa shape index (κ1) is 9.54. The van der Waals surface area contributed by atoms with Gasteiger partial charge < -0.3 is 5.32 Å². The predicted octanol–water partition coefficient (Wildman–Crippen LogP) is 2.36. The second-order valence-electron chi connectivity index (χ2n) is 2.42. The van der Waals surface area contributed by atoms with Crippen molar-refractivity contribution in [2.45, 2.75) is 19.4 Å². The molecule has 0 aliphatic heterocycles. The number of halogens is 2. The molecule has 0 saturated heterocycles. The lowest BCUT2D eigenvalue weighted by Gasteiger charge is -2.04. The Morgan fingerprint density at radius 3 is 2.67 bits per heavy atom. The maximum Gasteiger partial charge on any atom is 0.281 e. The van der Waals surface area contributed by atoms with E-state index in [1.165, 1.54) is 16.7 Å². The molecule has 0 bridgehead atoms. The van der Waals surface area contributed by atoms with Crippen LogP contribution in [0, 0.1) is 0 Å². The quantitative estimate of drug-likeness (QED) is 0.795. The van der Waals surface area contributed by atoms with E-state index in [0.29, 0.717) is 5.01 Å². The Hall–Kier alpha value is -0.550. The van der Waals surface area contributed by atoms with Crippen LogP contribution in [0.15, 0.2) is 5.38 Å². The Kier molecular flexibility index (Phi) is 3.11. The lowest BCUT2D eigenvalue weighted by molar-refractivity contribution is 0.146. The van der Waals surface area contributed by atoms with E-state index < -0.39 is 6.43 Å². The van der Waals surface area contributed by atoms with Crippen molar-refractivity contribution in [3.05, 3.63) is 16.1 Å². The molecule has 1 N–H and O–H groups in total. The minimum absolute atomic E-state index is 0.0440. The third kappa shape index (κ3) is 1.98. The average Bonchev–Trinajstić information content (AvgIpc) is 2.51. The van der Waals surface area contributed by atoms with Gasteiger partial charge in [0, 0.05) is 5.38 Å². The highest BCUT2D eigenvalue weighted by Crippen LogP contribution is 2.24. The molecule has 1 aromatic heterocycles. The maximum atomic E-state index is 12.1. The summed E-state index contributed by atoms with van der Waals surface area (Å²) in [5, 5.41) is 5.03. The van der Waals surface area contributed by atoms with Crippen molar-refractivity contribution >= 4 is 11.3 Å². The van der Waals surface area contributed by atoms with E-state index in [0.717, 1.165) is 0 Å². The van der Waals surface area contributed by atoms with E-state index >= 15 is 0 Å². The van der Waals surface area contributed by atoms with Gasteiger partial charge in [0.1, 0.15) is 10.7 Å². The zero-order valence-corrected chi connectivity index (χ0v) is 7.66. The van der Waals surface area contributed by atoms with Crippen LogP contribution in [0.5, 0.6) is 0 Å². The molecule has 0 aliphatic carbocycles. The molecule has 0 spiro atoms. The minimum atomic E-state index is -2.46. The van der Waals surface area contributed by atoms with Crippen LogP contribution in [0.4, 0.5) is 8.78 Å². The van der Waals surface area contributed by atoms with Gasteiger partial charge in [-0.25, -0.2) is 13.8 Å². The second kappa shape index (κ2) is 3.91. The van der Waals surface area contributed by atoms with E-state index in [2.05, 4.69) is 10.3 Å². The SMILES string of the molecule is CNC(C)c1nc(C(F)F)cs1. The molecule has 0 saturated carbocycles. The Balaban J connectivity index is 2.77. The predicted molar refractivity (Wildman–Crippen MR) is 44.5 cm³/mol. The van der Waals surface area contributed by atoms with Crippen LogP contribution >= 0.6 is 11.3 Å². The van der Waals surface area contributed by atoms with Gasteiger partial charge in [-0.2, -0.15) is 0 Å². The number of nitrogens with zero attached hydrogens (tertiary/aromatic N) is 1. The molecule has 0 fully saturated rings. The largest absolute Gasteiger partial charge is 0.311 e. The average molecular weight is 192 g/mol. The fraction of sp³-hybridized carbons (Fsp3) is 0.571. The van der Waals surface area contributed by atoms with Crippen LogP contribution in [-0.4, -0.2) is 12.0 Å². The van der Waals surface area contributed by atoms with Crippen molar-refractivity contribution in [3.8, 4) is 0 Å². The minimum Gasteiger partial charge on any atom is -0.311 e. The van der Waals surface area contributed by atoms with Gasteiger partial charge in [0.25, 0.3) is 6.43 Å². The first-order valence-corrected chi connectivity index (χ1v) is 4.44. The van der Waals surface area contributed by atoms with Gasteiger partial charge in [-0.05, 0) is 14.0 Å². The number of hydrogen-bond acceptors (Lipinski definition) is 3. The molecule has 1 unspecified atom stereocenters. The molecule has 12 heavy (non-hydrogen) atoms. The Morgan fingerprint density at radius 2 is 2.25 bits per heavy atom. The zero-order valence-electron chi connectivity index (χ0n) is 6.84. The molecule has 1 rings (SSSR count). The van der Waals surface area contributed by atoms with Crippen molar-refractivity contribution in [2.24, 2.45) is 0 Å². The summed E-state index contributed by atoms with van der Waals surface area (Å²) in [6.45, 7) is 1.88. The van der Waals surface area contributed by atoms with Crippen molar-refractivity contribution in [1.82, 2.24) is 10.3 Å². The van der Waals surface area contributed by atoms with Crippen LogP contribution in [-0.2, 0) is 0 Å². The third-order valence-electron chi connectivity index (χ3n) is 1.57. The summed E-state index contributed by atoms with van der Waals surface area (Å²) < 4.78 is 24.1. The lowest BCUT2D eigenvalue weighted by Crippen LogP contribution is -2.11. The van der Waals surface area contributed by atoms with Gasteiger partial charge in [0.15, 0.2) is 0 Å². The van der Waals surface area contributed by atoms with Gasteiger partial charge in [-0.15, -0.1) is 11.3 Å². The van der Waals surface area contributed by atoms with Crippen molar-refractivity contribution in [2.75, 3.05) is 7.05 Å². The lowest BCUT2D eigenvalue weighted by atomic mass is 10.4. The summed E-state index contributed by atoms with van der Waals surface area (Å²) in [5.41, 5.74) is -0.128. The molecule has 0 amide bonds. The maximum absolute atomic E-state index is 12.1. The summed E-state index contributed by atoms with van der Waals surface area (Å²) in [6.07, 6.45) is -2.46. The van der Waals surface area contributed by atoms with Gasteiger partial charge >= 0.3 is 0 Å². The number of rotatable bonds is 3. The summed E-state index contributed by atoms with van der Waals surface area (Å²) >= 11 is 1.26. The van der Waals surface area contributed by atoms with E-state index in [4.69, 9.17) is 0 Å². The molecule has 0 aliphatic rings. The second-order valence-corrected chi connectivity index (χ2v) is 3.31. The molecular weight excluding hydrogens is 182 g/mol. The highest BCUT2D eigenvalue weighted by atomic mass is 32.1. The fourth-order valence-corrected chi connectivity index (χ4v) is 1.60. The summed E-state index contributed by atoms with van der Waals surface area (Å²) in [5.74, 6) is 0. The van der Waals surface area contributed by atoms with E-state index in [1.54, 1.807) is 7.05 Å². The molecule has 0 aromatic carbocycles. The fourth-order valence-electron chi connectivity index (χ4n) is 0.723. The smallest absolute Gasteiger partial charge is 0.281 e. The zero-order chi connectivity index (χ0) is 9.14. The Labute approximate surface area is 73.6 Å². The molecule has 0 radical (unpaired) electrons.